The first kappa shape index (κ1) is 12.6. The minimum atomic E-state index is -0.273. The molecule has 0 radical (unpaired) electrons. The second kappa shape index (κ2) is 5.26. The van der Waals surface area contributed by atoms with Crippen LogP contribution in [0.15, 0.2) is 45.5 Å². The molecule has 3 rings (SSSR count). The SMILES string of the molecule is Cc1ccc(C(=O)Nc2nnc(-c3ccsc3)o2)cc1. The summed E-state index contributed by atoms with van der Waals surface area (Å²) in [5.41, 5.74) is 2.49. The molecule has 0 spiro atoms. The molecule has 0 unspecified atom stereocenters. The lowest BCUT2D eigenvalue weighted by Gasteiger charge is -2.00. The van der Waals surface area contributed by atoms with Crippen molar-refractivity contribution in [1.29, 1.82) is 0 Å². The molecular weight excluding hydrogens is 274 g/mol. The van der Waals surface area contributed by atoms with Gasteiger partial charge in [-0.1, -0.05) is 22.8 Å². The zero-order chi connectivity index (χ0) is 13.9. The highest BCUT2D eigenvalue weighted by atomic mass is 32.1. The summed E-state index contributed by atoms with van der Waals surface area (Å²) >= 11 is 1.54. The second-order valence-electron chi connectivity index (χ2n) is 4.24. The molecule has 0 aliphatic heterocycles. The molecule has 6 heteroatoms. The van der Waals surface area contributed by atoms with Crippen molar-refractivity contribution < 1.29 is 9.21 Å². The van der Waals surface area contributed by atoms with Gasteiger partial charge in [0.05, 0.1) is 0 Å². The largest absolute Gasteiger partial charge is 0.403 e. The van der Waals surface area contributed by atoms with Gasteiger partial charge < -0.3 is 4.42 Å². The normalized spacial score (nSPS) is 10.4. The van der Waals surface area contributed by atoms with E-state index in [1.165, 1.54) is 0 Å². The highest BCUT2D eigenvalue weighted by molar-refractivity contribution is 7.08. The van der Waals surface area contributed by atoms with E-state index in [-0.39, 0.29) is 11.9 Å². The number of hydrogen-bond donors (Lipinski definition) is 1. The molecule has 3 aromatic rings. The van der Waals surface area contributed by atoms with Crippen LogP contribution in [0, 0.1) is 6.92 Å². The first-order chi connectivity index (χ1) is 9.72. The molecule has 0 saturated heterocycles. The molecule has 0 saturated carbocycles. The van der Waals surface area contributed by atoms with Crippen LogP contribution < -0.4 is 5.32 Å². The summed E-state index contributed by atoms with van der Waals surface area (Å²) in [5.74, 6) is 0.121. The van der Waals surface area contributed by atoms with Gasteiger partial charge in [0.1, 0.15) is 0 Å². The van der Waals surface area contributed by atoms with Crippen LogP contribution in [0.5, 0.6) is 0 Å². The van der Waals surface area contributed by atoms with Crippen LogP contribution >= 0.6 is 11.3 Å². The first-order valence-electron chi connectivity index (χ1n) is 5.96. The molecule has 0 aliphatic rings. The maximum absolute atomic E-state index is 12.0. The van der Waals surface area contributed by atoms with Gasteiger partial charge in [0.25, 0.3) is 11.8 Å². The quantitative estimate of drug-likeness (QED) is 0.801. The Balaban J connectivity index is 1.75. The zero-order valence-electron chi connectivity index (χ0n) is 10.7. The van der Waals surface area contributed by atoms with Gasteiger partial charge in [-0.2, -0.15) is 11.3 Å². The van der Waals surface area contributed by atoms with E-state index in [4.69, 9.17) is 4.42 Å². The maximum Gasteiger partial charge on any atom is 0.322 e. The summed E-state index contributed by atoms with van der Waals surface area (Å²) in [4.78, 5) is 12.0. The Bertz CT molecular complexity index is 717. The van der Waals surface area contributed by atoms with Gasteiger partial charge >= 0.3 is 6.01 Å². The number of nitrogens with zero attached hydrogens (tertiary/aromatic N) is 2. The summed E-state index contributed by atoms with van der Waals surface area (Å²) in [5, 5.41) is 14.1. The summed E-state index contributed by atoms with van der Waals surface area (Å²) < 4.78 is 5.40. The number of anilines is 1. The Morgan fingerprint density at radius 2 is 2.00 bits per heavy atom. The molecule has 1 aromatic carbocycles. The minimum Gasteiger partial charge on any atom is -0.403 e. The van der Waals surface area contributed by atoms with E-state index in [1.807, 2.05) is 35.9 Å². The van der Waals surface area contributed by atoms with E-state index < -0.39 is 0 Å². The van der Waals surface area contributed by atoms with Crippen LogP contribution in [0.1, 0.15) is 15.9 Å². The molecule has 20 heavy (non-hydrogen) atoms. The van der Waals surface area contributed by atoms with Gasteiger partial charge in [0.2, 0.25) is 0 Å². The lowest BCUT2D eigenvalue weighted by molar-refractivity contribution is 0.102. The van der Waals surface area contributed by atoms with Gasteiger partial charge in [0, 0.05) is 16.5 Å². The number of hydrogen-bond acceptors (Lipinski definition) is 5. The van der Waals surface area contributed by atoms with Crippen molar-refractivity contribution in [1.82, 2.24) is 10.2 Å². The van der Waals surface area contributed by atoms with Gasteiger partial charge in [-0.15, -0.1) is 5.10 Å². The highest BCUT2D eigenvalue weighted by Crippen LogP contribution is 2.22. The smallest absolute Gasteiger partial charge is 0.322 e. The molecule has 0 atom stereocenters. The average molecular weight is 285 g/mol. The molecule has 100 valence electrons. The monoisotopic (exact) mass is 285 g/mol. The first-order valence-corrected chi connectivity index (χ1v) is 6.91. The number of nitrogens with one attached hydrogen (secondary N) is 1. The molecule has 0 aliphatic carbocycles. The van der Waals surface area contributed by atoms with E-state index in [0.29, 0.717) is 11.5 Å². The average Bonchev–Trinajstić information content (AvgIpc) is 3.09. The fourth-order valence-electron chi connectivity index (χ4n) is 1.65. The molecular formula is C14H11N3O2S. The van der Waals surface area contributed by atoms with Gasteiger partial charge in [-0.3, -0.25) is 10.1 Å². The highest BCUT2D eigenvalue weighted by Gasteiger charge is 2.12. The third kappa shape index (κ3) is 2.60. The van der Waals surface area contributed by atoms with Crippen molar-refractivity contribution >= 4 is 23.3 Å². The Morgan fingerprint density at radius 3 is 2.70 bits per heavy atom. The summed E-state index contributed by atoms with van der Waals surface area (Å²) in [6.45, 7) is 1.97. The van der Waals surface area contributed by atoms with E-state index in [9.17, 15) is 4.79 Å². The fourth-order valence-corrected chi connectivity index (χ4v) is 2.28. The van der Waals surface area contributed by atoms with Crippen LogP contribution in [0.25, 0.3) is 11.5 Å². The van der Waals surface area contributed by atoms with Gasteiger partial charge in [-0.25, -0.2) is 0 Å². The van der Waals surface area contributed by atoms with E-state index >= 15 is 0 Å². The third-order valence-corrected chi connectivity index (χ3v) is 3.41. The van der Waals surface area contributed by atoms with Crippen LogP contribution in [0.3, 0.4) is 0 Å². The molecule has 1 amide bonds. The third-order valence-electron chi connectivity index (χ3n) is 2.73. The van der Waals surface area contributed by atoms with Gasteiger partial charge in [-0.05, 0) is 30.5 Å². The lowest BCUT2D eigenvalue weighted by atomic mass is 10.1. The Labute approximate surface area is 119 Å². The van der Waals surface area contributed by atoms with Gasteiger partial charge in [0.15, 0.2) is 0 Å². The van der Waals surface area contributed by atoms with Crippen LogP contribution in [-0.2, 0) is 0 Å². The topological polar surface area (TPSA) is 68.0 Å². The Hall–Kier alpha value is -2.47. The van der Waals surface area contributed by atoms with Crippen LogP contribution in [0.2, 0.25) is 0 Å². The number of aryl methyl sites for hydroxylation is 1. The molecule has 0 bridgehead atoms. The maximum atomic E-state index is 12.0. The van der Waals surface area contributed by atoms with E-state index in [1.54, 1.807) is 23.5 Å². The summed E-state index contributed by atoms with van der Waals surface area (Å²) in [6.07, 6.45) is 0. The Kier molecular flexibility index (Phi) is 3.30. The molecule has 0 fully saturated rings. The number of benzene rings is 1. The summed E-state index contributed by atoms with van der Waals surface area (Å²) in [6, 6.07) is 9.22. The van der Waals surface area contributed by atoms with Crippen LogP contribution in [-0.4, -0.2) is 16.1 Å². The van der Waals surface area contributed by atoms with Crippen molar-refractivity contribution in [3.8, 4) is 11.5 Å². The standard InChI is InChI=1S/C14H11N3O2S/c1-9-2-4-10(5-3-9)12(18)15-14-17-16-13(19-14)11-6-7-20-8-11/h2-8H,1H3,(H,15,17,18). The van der Waals surface area contributed by atoms with E-state index in [2.05, 4.69) is 15.5 Å². The second-order valence-corrected chi connectivity index (χ2v) is 5.02. The van der Waals surface area contributed by atoms with Crippen molar-refractivity contribution in [3.63, 3.8) is 0 Å². The fraction of sp³-hybridized carbons (Fsp3) is 0.0714. The minimum absolute atomic E-state index is 0.0942. The number of carbonyl (C=O) groups is 1. The lowest BCUT2D eigenvalue weighted by Crippen LogP contribution is -2.11. The molecule has 1 N–H and O–H groups in total. The zero-order valence-corrected chi connectivity index (χ0v) is 11.5. The number of carbonyl (C=O) groups excluding carboxylic acids is 1. The van der Waals surface area contributed by atoms with Crippen molar-refractivity contribution in [2.24, 2.45) is 0 Å². The van der Waals surface area contributed by atoms with Crippen molar-refractivity contribution in [3.05, 3.63) is 52.2 Å². The molecule has 2 aromatic heterocycles. The Morgan fingerprint density at radius 1 is 1.20 bits per heavy atom. The number of aromatic nitrogens is 2. The predicted octanol–water partition coefficient (Wildman–Crippen LogP) is 3.36. The number of thiophene rings is 1. The summed E-state index contributed by atoms with van der Waals surface area (Å²) in [7, 11) is 0. The number of amides is 1. The molecule has 5 nitrogen and oxygen atoms in total. The van der Waals surface area contributed by atoms with Crippen molar-refractivity contribution in [2.45, 2.75) is 6.92 Å². The predicted molar refractivity (Wildman–Crippen MR) is 76.7 cm³/mol. The van der Waals surface area contributed by atoms with E-state index in [0.717, 1.165) is 11.1 Å². The molecule has 2 heterocycles. The number of rotatable bonds is 3. The van der Waals surface area contributed by atoms with Crippen LogP contribution in [0.4, 0.5) is 6.01 Å². The van der Waals surface area contributed by atoms with Crippen molar-refractivity contribution in [2.75, 3.05) is 5.32 Å².